The van der Waals surface area contributed by atoms with Gasteiger partial charge in [0.05, 0.1) is 28.8 Å². The highest BCUT2D eigenvalue weighted by atomic mass is 35.5. The number of hydrogen-bond acceptors (Lipinski definition) is 8. The number of aromatic nitrogens is 2. The molecular formula is C25H23ClN8O2. The number of benzene rings is 2. The van der Waals surface area contributed by atoms with Crippen LogP contribution in [0.4, 0.5) is 34.5 Å². The molecule has 1 saturated heterocycles. The Bertz CT molecular complexity index is 1370. The molecule has 3 aromatic rings. The highest BCUT2D eigenvalue weighted by molar-refractivity contribution is 6.33. The van der Waals surface area contributed by atoms with E-state index in [1.807, 2.05) is 11.0 Å². The van der Waals surface area contributed by atoms with E-state index in [2.05, 4.69) is 38.6 Å². The average Bonchev–Trinajstić information content (AvgIpc) is 3.38. The maximum atomic E-state index is 11.8. The number of nitrogens with one attached hydrogen (secondary N) is 3. The molecule has 1 unspecified atom stereocenters. The van der Waals surface area contributed by atoms with Gasteiger partial charge in [0.15, 0.2) is 5.82 Å². The molecule has 1 atom stereocenters. The van der Waals surface area contributed by atoms with Crippen molar-refractivity contribution in [2.24, 2.45) is 5.73 Å². The van der Waals surface area contributed by atoms with Gasteiger partial charge in [0.1, 0.15) is 17.1 Å². The number of carbonyl (C=O) groups excluding carboxylic acids is 2. The highest BCUT2D eigenvalue weighted by Crippen LogP contribution is 2.32. The van der Waals surface area contributed by atoms with E-state index in [-0.39, 0.29) is 28.8 Å². The summed E-state index contributed by atoms with van der Waals surface area (Å²) in [7, 11) is 0. The molecule has 0 saturated carbocycles. The van der Waals surface area contributed by atoms with Gasteiger partial charge in [-0.2, -0.15) is 10.2 Å². The number of primary amides is 1. The number of para-hydroxylation sites is 2. The molecule has 0 aliphatic carbocycles. The molecule has 1 aromatic heterocycles. The Kier molecular flexibility index (Phi) is 7.32. The van der Waals surface area contributed by atoms with Gasteiger partial charge in [-0.05, 0) is 49.2 Å². The number of amides is 2. The Hall–Kier alpha value is -4.62. The van der Waals surface area contributed by atoms with Crippen LogP contribution in [-0.4, -0.2) is 34.4 Å². The molecule has 1 aliphatic heterocycles. The van der Waals surface area contributed by atoms with E-state index >= 15 is 0 Å². The number of nitrogens with two attached hydrogens (primary N) is 1. The summed E-state index contributed by atoms with van der Waals surface area (Å²) >= 11 is 6.31. The van der Waals surface area contributed by atoms with Crippen molar-refractivity contribution in [3.05, 3.63) is 71.9 Å². The van der Waals surface area contributed by atoms with Gasteiger partial charge in [-0.25, -0.2) is 4.98 Å². The van der Waals surface area contributed by atoms with Crippen LogP contribution in [0.25, 0.3) is 0 Å². The molecule has 182 valence electrons. The molecule has 0 spiro atoms. The molecule has 2 heterocycles. The van der Waals surface area contributed by atoms with Crippen LogP contribution in [-0.2, 0) is 9.59 Å². The van der Waals surface area contributed by atoms with E-state index in [4.69, 9.17) is 17.3 Å². The van der Waals surface area contributed by atoms with Crippen molar-refractivity contribution in [1.29, 1.82) is 5.26 Å². The fourth-order valence-electron chi connectivity index (χ4n) is 3.93. The molecule has 0 bridgehead atoms. The second kappa shape index (κ2) is 10.8. The fourth-order valence-corrected chi connectivity index (χ4v) is 4.07. The predicted octanol–water partition coefficient (Wildman–Crippen LogP) is 4.07. The minimum Gasteiger partial charge on any atom is -0.368 e. The van der Waals surface area contributed by atoms with Crippen LogP contribution in [0.3, 0.4) is 0 Å². The van der Waals surface area contributed by atoms with Gasteiger partial charge in [0, 0.05) is 12.2 Å². The summed E-state index contributed by atoms with van der Waals surface area (Å²) in [5.74, 6) is -0.238. The molecule has 36 heavy (non-hydrogen) atoms. The van der Waals surface area contributed by atoms with Crippen LogP contribution in [0.5, 0.6) is 0 Å². The Morgan fingerprint density at radius 2 is 1.97 bits per heavy atom. The lowest BCUT2D eigenvalue weighted by Crippen LogP contribution is -2.40. The number of anilines is 6. The zero-order valence-corrected chi connectivity index (χ0v) is 19.9. The Labute approximate surface area is 212 Å². The molecule has 2 aromatic carbocycles. The van der Waals surface area contributed by atoms with Crippen molar-refractivity contribution >= 4 is 57.9 Å². The number of halogens is 1. The van der Waals surface area contributed by atoms with Crippen molar-refractivity contribution in [3.63, 3.8) is 0 Å². The third-order valence-electron chi connectivity index (χ3n) is 5.65. The van der Waals surface area contributed by atoms with E-state index in [0.29, 0.717) is 41.4 Å². The average molecular weight is 503 g/mol. The first-order valence-corrected chi connectivity index (χ1v) is 11.5. The largest absolute Gasteiger partial charge is 0.368 e. The summed E-state index contributed by atoms with van der Waals surface area (Å²) in [6, 6.07) is 14.1. The Morgan fingerprint density at radius 3 is 2.69 bits per heavy atom. The topological polar surface area (TPSA) is 149 Å². The van der Waals surface area contributed by atoms with Crippen LogP contribution in [0.2, 0.25) is 5.02 Å². The lowest BCUT2D eigenvalue weighted by Gasteiger charge is -2.25. The van der Waals surface area contributed by atoms with E-state index in [0.717, 1.165) is 12.1 Å². The third-order valence-corrected chi connectivity index (χ3v) is 5.93. The minimum atomic E-state index is -0.386. The first-order chi connectivity index (χ1) is 17.4. The lowest BCUT2D eigenvalue weighted by atomic mass is 10.1. The molecule has 10 nitrogen and oxygen atoms in total. The Balaban J connectivity index is 1.57. The molecule has 1 fully saturated rings. The molecule has 0 radical (unpaired) electrons. The maximum absolute atomic E-state index is 11.8. The van der Waals surface area contributed by atoms with Crippen LogP contribution < -0.4 is 26.6 Å². The highest BCUT2D eigenvalue weighted by Gasteiger charge is 2.29. The van der Waals surface area contributed by atoms with Gasteiger partial charge in [0.2, 0.25) is 17.8 Å². The quantitative estimate of drug-likeness (QED) is 0.337. The van der Waals surface area contributed by atoms with Crippen LogP contribution in [0.15, 0.2) is 61.3 Å². The van der Waals surface area contributed by atoms with Gasteiger partial charge in [0.25, 0.3) is 0 Å². The van der Waals surface area contributed by atoms with Gasteiger partial charge in [-0.3, -0.25) is 9.59 Å². The van der Waals surface area contributed by atoms with Crippen LogP contribution in [0, 0.1) is 11.3 Å². The SMILES string of the molecule is C=CC(=O)Nc1ccccc1Nc1nc(Nc2ccc(N3CCCC3C(N)=O)cc2C#N)ncc1Cl. The standard InChI is InChI=1S/C25H23ClN8O2/c1-2-22(35)30-19-6-3-4-7-20(19)31-24-17(26)14-29-25(33-24)32-18-10-9-16(12-15(18)13-27)34-11-5-8-21(34)23(28)36/h2-4,6-7,9-10,12,14,21H,1,5,8,11H2,(H2,28,36)(H,30,35)(H2,29,31,32,33). The first kappa shape index (κ1) is 24.5. The third kappa shape index (κ3) is 5.37. The summed E-state index contributed by atoms with van der Waals surface area (Å²) in [5.41, 5.74) is 8.21. The van der Waals surface area contributed by atoms with Crippen molar-refractivity contribution in [2.45, 2.75) is 18.9 Å². The molecular weight excluding hydrogens is 480 g/mol. The molecule has 5 N–H and O–H groups in total. The number of carbonyl (C=O) groups is 2. The summed E-state index contributed by atoms with van der Waals surface area (Å²) in [4.78, 5) is 34.1. The minimum absolute atomic E-state index is 0.204. The normalized spacial score (nSPS) is 14.6. The lowest BCUT2D eigenvalue weighted by molar-refractivity contribution is -0.119. The van der Waals surface area contributed by atoms with Gasteiger partial charge in [-0.1, -0.05) is 30.3 Å². The zero-order chi connectivity index (χ0) is 25.7. The van der Waals surface area contributed by atoms with Crippen molar-refractivity contribution in [3.8, 4) is 6.07 Å². The molecule has 11 heteroatoms. The molecule has 4 rings (SSSR count). The smallest absolute Gasteiger partial charge is 0.247 e. The number of nitrogens with zero attached hydrogens (tertiary/aromatic N) is 4. The summed E-state index contributed by atoms with van der Waals surface area (Å²) < 4.78 is 0. The van der Waals surface area contributed by atoms with E-state index < -0.39 is 0 Å². The summed E-state index contributed by atoms with van der Waals surface area (Å²) in [6.07, 6.45) is 4.13. The van der Waals surface area contributed by atoms with Gasteiger partial charge >= 0.3 is 0 Å². The monoisotopic (exact) mass is 502 g/mol. The summed E-state index contributed by atoms with van der Waals surface area (Å²) in [6.45, 7) is 4.15. The number of rotatable bonds is 8. The van der Waals surface area contributed by atoms with Crippen molar-refractivity contribution < 1.29 is 9.59 Å². The van der Waals surface area contributed by atoms with Gasteiger partial charge in [-0.15, -0.1) is 0 Å². The van der Waals surface area contributed by atoms with E-state index in [1.165, 1.54) is 12.3 Å². The number of nitriles is 1. The van der Waals surface area contributed by atoms with E-state index in [1.54, 1.807) is 36.4 Å². The first-order valence-electron chi connectivity index (χ1n) is 11.1. The molecule has 2 amide bonds. The predicted molar refractivity (Wildman–Crippen MR) is 140 cm³/mol. The van der Waals surface area contributed by atoms with Crippen molar-refractivity contribution in [1.82, 2.24) is 9.97 Å². The maximum Gasteiger partial charge on any atom is 0.247 e. The van der Waals surface area contributed by atoms with E-state index in [9.17, 15) is 14.9 Å². The second-order valence-electron chi connectivity index (χ2n) is 7.97. The van der Waals surface area contributed by atoms with Crippen LogP contribution >= 0.6 is 11.6 Å². The zero-order valence-electron chi connectivity index (χ0n) is 19.2. The van der Waals surface area contributed by atoms with Crippen molar-refractivity contribution in [2.75, 3.05) is 27.4 Å². The van der Waals surface area contributed by atoms with Gasteiger partial charge < -0.3 is 26.6 Å². The van der Waals surface area contributed by atoms with Crippen LogP contribution in [0.1, 0.15) is 18.4 Å². The number of hydrogen-bond donors (Lipinski definition) is 4. The summed E-state index contributed by atoms with van der Waals surface area (Å²) in [5, 5.41) is 18.9. The second-order valence-corrected chi connectivity index (χ2v) is 8.38. The Morgan fingerprint density at radius 1 is 1.19 bits per heavy atom. The fraction of sp³-hybridized carbons (Fsp3) is 0.160. The molecule has 1 aliphatic rings.